The highest BCUT2D eigenvalue weighted by atomic mass is 32.2. The lowest BCUT2D eigenvalue weighted by molar-refractivity contribution is 0.0405. The molecule has 1 aliphatic heterocycles. The van der Waals surface area contributed by atoms with Crippen LogP contribution in [0.15, 0.2) is 0 Å². The van der Waals surface area contributed by atoms with Gasteiger partial charge >= 0.3 is 16.4 Å². The number of rotatable bonds is 0. The fourth-order valence-electron chi connectivity index (χ4n) is 0.930. The van der Waals surface area contributed by atoms with E-state index in [9.17, 15) is 13.2 Å². The Morgan fingerprint density at radius 1 is 1.43 bits per heavy atom. The van der Waals surface area contributed by atoms with E-state index in [-0.39, 0.29) is 13.2 Å². The van der Waals surface area contributed by atoms with Gasteiger partial charge in [-0.15, -0.1) is 12.7 Å². The Morgan fingerprint density at radius 2 is 2.00 bits per heavy atom. The molecule has 1 aliphatic rings. The normalized spacial score (nSPS) is 20.9. The molecule has 0 aromatic heterocycles. The zero-order valence-corrected chi connectivity index (χ0v) is 9.17. The molecule has 0 saturated carbocycles. The van der Waals surface area contributed by atoms with Crippen molar-refractivity contribution in [1.82, 2.24) is 4.31 Å². The van der Waals surface area contributed by atoms with Gasteiger partial charge in [0.15, 0.2) is 6.61 Å². The number of ether oxygens (including phenoxy) is 1. The summed E-state index contributed by atoms with van der Waals surface area (Å²) in [6.45, 7) is 5.19. The molecule has 0 radical (unpaired) electrons. The molecule has 82 valence electrons. The lowest BCUT2D eigenvalue weighted by Gasteiger charge is -2.21. The Hall–Kier alpha value is -0.820. The molecule has 0 aliphatic carbocycles. The van der Waals surface area contributed by atoms with E-state index in [1.165, 1.54) is 0 Å². The van der Waals surface area contributed by atoms with Crippen LogP contribution in [0.3, 0.4) is 0 Å². The maximum Gasteiger partial charge on any atom is 0.492 e. The molecule has 0 atom stereocenters. The number of nitrogens with zero attached hydrogens (tertiary/aromatic N) is 1. The Labute approximate surface area is 83.0 Å². The topological polar surface area (TPSA) is 76.5 Å². The molecule has 1 heterocycles. The van der Waals surface area contributed by atoms with Crippen LogP contribution >= 0.6 is 0 Å². The lowest BCUT2D eigenvalue weighted by atomic mass is 10.2. The van der Waals surface area contributed by atoms with Crippen LogP contribution in [0, 0.1) is 0 Å². The average Bonchev–Trinajstić information content (AvgIpc) is 2.25. The van der Waals surface area contributed by atoms with Gasteiger partial charge < -0.3 is 8.92 Å². The molecule has 0 bridgehead atoms. The van der Waals surface area contributed by atoms with Crippen LogP contribution in [-0.4, -0.2) is 41.8 Å². The molecule has 1 rings (SSSR count). The van der Waals surface area contributed by atoms with Crippen LogP contribution < -0.4 is 0 Å². The molecular weight excluding hydrogens is 210 g/mol. The first kappa shape index (κ1) is 11.3. The number of amides is 1. The number of aliphatic hydroxyl groups is 1. The summed E-state index contributed by atoms with van der Waals surface area (Å²) >= 11 is 0. The van der Waals surface area contributed by atoms with Gasteiger partial charge in [-0.05, 0) is 20.8 Å². The second-order valence-corrected chi connectivity index (χ2v) is 5.48. The van der Waals surface area contributed by atoms with E-state index in [1.807, 2.05) is 0 Å². The van der Waals surface area contributed by atoms with Gasteiger partial charge in [-0.2, -0.15) is 0 Å². The molecular formula is C7H14NO5S+. The van der Waals surface area contributed by atoms with Gasteiger partial charge in [0.2, 0.25) is 0 Å². The van der Waals surface area contributed by atoms with E-state index >= 15 is 0 Å². The van der Waals surface area contributed by atoms with Crippen molar-refractivity contribution >= 4 is 16.4 Å². The van der Waals surface area contributed by atoms with Crippen molar-refractivity contribution in [2.75, 3.05) is 13.2 Å². The molecule has 0 aromatic carbocycles. The number of hydrogen-bond donors (Lipinski definition) is 0. The first-order chi connectivity index (χ1) is 6.22. The van der Waals surface area contributed by atoms with Gasteiger partial charge in [0.25, 0.3) is 0 Å². The zero-order valence-electron chi connectivity index (χ0n) is 8.35. The van der Waals surface area contributed by atoms with E-state index < -0.39 is 22.0 Å². The molecule has 0 aromatic rings. The van der Waals surface area contributed by atoms with Crippen LogP contribution in [-0.2, 0) is 15.0 Å². The largest absolute Gasteiger partial charge is 0.492 e. The Morgan fingerprint density at radius 3 is 2.36 bits per heavy atom. The highest BCUT2D eigenvalue weighted by Crippen LogP contribution is 2.15. The zero-order chi connectivity index (χ0) is 11.0. The van der Waals surface area contributed by atoms with Gasteiger partial charge in [-0.3, -0.25) is 0 Å². The first-order valence-corrected chi connectivity index (χ1v) is 5.56. The van der Waals surface area contributed by atoms with E-state index in [0.717, 1.165) is 0 Å². The van der Waals surface area contributed by atoms with Crippen molar-refractivity contribution in [2.45, 2.75) is 26.4 Å². The van der Waals surface area contributed by atoms with Gasteiger partial charge in [0.1, 0.15) is 12.1 Å². The van der Waals surface area contributed by atoms with Crippen molar-refractivity contribution in [3.8, 4) is 0 Å². The van der Waals surface area contributed by atoms with Crippen molar-refractivity contribution in [3.63, 3.8) is 0 Å². The summed E-state index contributed by atoms with van der Waals surface area (Å²) in [5, 5.41) is 0. The minimum atomic E-state index is -3.77. The van der Waals surface area contributed by atoms with Crippen molar-refractivity contribution in [2.24, 2.45) is 0 Å². The summed E-state index contributed by atoms with van der Waals surface area (Å²) in [6.07, 6.45) is -0.862. The van der Waals surface area contributed by atoms with Crippen molar-refractivity contribution in [1.29, 1.82) is 0 Å². The van der Waals surface area contributed by atoms with Crippen LogP contribution in [0.25, 0.3) is 0 Å². The van der Waals surface area contributed by atoms with Gasteiger partial charge in [0.05, 0.1) is 0 Å². The fourth-order valence-corrected chi connectivity index (χ4v) is 1.92. The second kappa shape index (κ2) is 3.39. The van der Waals surface area contributed by atoms with E-state index in [2.05, 4.69) is 4.18 Å². The van der Waals surface area contributed by atoms with Gasteiger partial charge in [0, 0.05) is 0 Å². The third-order valence-corrected chi connectivity index (χ3v) is 2.83. The molecule has 7 heteroatoms. The first-order valence-electron chi connectivity index (χ1n) is 4.17. The van der Waals surface area contributed by atoms with Crippen LogP contribution in [0.2, 0.25) is 0 Å². The maximum absolute atomic E-state index is 11.3. The second-order valence-electron chi connectivity index (χ2n) is 3.88. The molecule has 0 unspecified atom stereocenters. The quantitative estimate of drug-likeness (QED) is 0.429. The van der Waals surface area contributed by atoms with Crippen molar-refractivity contribution in [3.05, 3.63) is 0 Å². The minimum Gasteiger partial charge on any atom is -0.443 e. The minimum absolute atomic E-state index is 0.0667. The number of carbonyl (C=O) groups excluding carboxylic acids is 1. The summed E-state index contributed by atoms with van der Waals surface area (Å²) in [7, 11) is -3.77. The summed E-state index contributed by atoms with van der Waals surface area (Å²) < 4.78 is 31.1. The Kier molecular flexibility index (Phi) is 2.73. The average molecular weight is 224 g/mol. The number of hydrogen-bond acceptors (Lipinski definition) is 4. The molecule has 1 fully saturated rings. The fraction of sp³-hybridized carbons (Fsp3) is 0.857. The summed E-state index contributed by atoms with van der Waals surface area (Å²) in [5.74, 6) is 0. The smallest absolute Gasteiger partial charge is 0.443 e. The predicted molar refractivity (Wildman–Crippen MR) is 48.9 cm³/mol. The Balaban J connectivity index is 2.72. The number of carbonyl (C=O) groups is 1. The molecule has 1 saturated heterocycles. The van der Waals surface area contributed by atoms with Gasteiger partial charge in [-0.25, -0.2) is 4.79 Å². The monoisotopic (exact) mass is 224 g/mol. The molecule has 6 nitrogen and oxygen atoms in total. The van der Waals surface area contributed by atoms with E-state index in [1.54, 1.807) is 20.8 Å². The highest BCUT2D eigenvalue weighted by molar-refractivity contribution is 7.84. The molecule has 1 amide bonds. The van der Waals surface area contributed by atoms with Gasteiger partial charge in [-0.1, -0.05) is 0 Å². The summed E-state index contributed by atoms with van der Waals surface area (Å²) in [6, 6.07) is 0. The summed E-state index contributed by atoms with van der Waals surface area (Å²) in [5.41, 5.74) is -0.699. The molecule has 1 N–H and O–H groups in total. The van der Waals surface area contributed by atoms with E-state index in [0.29, 0.717) is 4.31 Å². The standard InChI is InChI=1S/C7H13NO5S/c1-7(2,3)13-6(9)8-4-5-12-14(8,10)11/h4-5H2,1-3H3/p+1. The highest BCUT2D eigenvalue weighted by Gasteiger charge is 2.41. The van der Waals surface area contributed by atoms with Crippen LogP contribution in [0.1, 0.15) is 20.8 Å². The predicted octanol–water partition coefficient (Wildman–Crippen LogP) is 0.00990. The SMILES string of the molecule is CC(C)(C)OC(=O)N1CC[OH+]S1(=O)=O. The van der Waals surface area contributed by atoms with Crippen molar-refractivity contribution < 1.29 is 22.1 Å². The van der Waals surface area contributed by atoms with E-state index in [4.69, 9.17) is 4.74 Å². The summed E-state index contributed by atoms with van der Waals surface area (Å²) in [4.78, 5) is 11.3. The Bertz CT molecular complexity index is 328. The van der Waals surface area contributed by atoms with Crippen LogP contribution in [0.4, 0.5) is 4.79 Å². The molecule has 14 heavy (non-hydrogen) atoms. The third-order valence-electron chi connectivity index (χ3n) is 1.43. The third kappa shape index (κ3) is 2.58. The lowest BCUT2D eigenvalue weighted by Crippen LogP contribution is -2.37. The van der Waals surface area contributed by atoms with Crippen LogP contribution in [0.5, 0.6) is 0 Å². The maximum atomic E-state index is 11.3. The molecule has 0 spiro atoms.